The topological polar surface area (TPSA) is 61.8 Å². The molecule has 0 aromatic heterocycles. The molecular formula is C9H14O5. The Morgan fingerprint density at radius 1 is 1.50 bits per heavy atom. The van der Waals surface area contributed by atoms with E-state index in [1.54, 1.807) is 13.8 Å². The fraction of sp³-hybridized carbons (Fsp3) is 0.778. The number of Topliss-reactive ketones (excluding diaryl/α,β-unsaturated/α-hetero) is 1. The second-order valence-corrected chi connectivity index (χ2v) is 3.54. The number of ether oxygens (including phenoxy) is 3. The number of rotatable bonds is 3. The maximum Gasteiger partial charge on any atom is 0.313 e. The fourth-order valence-corrected chi connectivity index (χ4v) is 1.17. The monoisotopic (exact) mass is 202 g/mol. The first-order valence-corrected chi connectivity index (χ1v) is 4.36. The first-order chi connectivity index (χ1) is 6.44. The van der Waals surface area contributed by atoms with Crippen molar-refractivity contribution in [3.63, 3.8) is 0 Å². The summed E-state index contributed by atoms with van der Waals surface area (Å²) in [5.41, 5.74) is 0. The summed E-state index contributed by atoms with van der Waals surface area (Å²) in [6, 6.07) is 0. The van der Waals surface area contributed by atoms with Crippen molar-refractivity contribution in [3.8, 4) is 0 Å². The van der Waals surface area contributed by atoms with Gasteiger partial charge in [-0.15, -0.1) is 0 Å². The lowest BCUT2D eigenvalue weighted by Crippen LogP contribution is -2.28. The van der Waals surface area contributed by atoms with Gasteiger partial charge in [0.2, 0.25) is 0 Å². The molecule has 0 aromatic carbocycles. The number of methoxy groups -OCH3 is 1. The predicted molar refractivity (Wildman–Crippen MR) is 46.5 cm³/mol. The molecule has 0 saturated carbocycles. The zero-order valence-electron chi connectivity index (χ0n) is 8.53. The van der Waals surface area contributed by atoms with Crippen LogP contribution in [-0.4, -0.2) is 37.4 Å². The molecule has 1 saturated heterocycles. The maximum atomic E-state index is 11.4. The second kappa shape index (κ2) is 4.06. The van der Waals surface area contributed by atoms with Crippen molar-refractivity contribution >= 4 is 11.8 Å². The Morgan fingerprint density at radius 3 is 2.57 bits per heavy atom. The van der Waals surface area contributed by atoms with Crippen LogP contribution in [0.1, 0.15) is 20.3 Å². The predicted octanol–water partition coefficient (Wildman–Crippen LogP) is 0.270. The first kappa shape index (κ1) is 11.1. The van der Waals surface area contributed by atoms with E-state index < -0.39 is 17.9 Å². The Bertz CT molecular complexity index is 246. The molecule has 0 bridgehead atoms. The third-order valence-electron chi connectivity index (χ3n) is 1.91. The van der Waals surface area contributed by atoms with Gasteiger partial charge in [0.25, 0.3) is 0 Å². The average Bonchev–Trinajstić information content (AvgIpc) is 2.46. The van der Waals surface area contributed by atoms with Gasteiger partial charge >= 0.3 is 5.97 Å². The van der Waals surface area contributed by atoms with Gasteiger partial charge < -0.3 is 14.2 Å². The molecule has 0 amide bonds. The summed E-state index contributed by atoms with van der Waals surface area (Å²) in [6.45, 7) is 3.64. The lowest BCUT2D eigenvalue weighted by molar-refractivity contribution is -0.156. The second-order valence-electron chi connectivity index (χ2n) is 3.54. The molecule has 80 valence electrons. The number of esters is 1. The van der Waals surface area contributed by atoms with Gasteiger partial charge in [0, 0.05) is 0 Å². The molecule has 1 unspecified atom stereocenters. The van der Waals surface area contributed by atoms with Gasteiger partial charge in [-0.3, -0.25) is 9.59 Å². The van der Waals surface area contributed by atoms with E-state index in [1.807, 2.05) is 0 Å². The number of ketones is 1. The molecule has 1 aliphatic heterocycles. The summed E-state index contributed by atoms with van der Waals surface area (Å²) in [4.78, 5) is 22.2. The lowest BCUT2D eigenvalue weighted by atomic mass is 10.2. The van der Waals surface area contributed by atoms with Gasteiger partial charge in [-0.2, -0.15) is 0 Å². The summed E-state index contributed by atoms with van der Waals surface area (Å²) in [7, 11) is 1.24. The molecule has 0 radical (unpaired) electrons. The van der Waals surface area contributed by atoms with E-state index in [-0.39, 0.29) is 18.8 Å². The highest BCUT2D eigenvalue weighted by Gasteiger charge is 2.37. The van der Waals surface area contributed by atoms with Crippen LogP contribution in [0, 0.1) is 0 Å². The van der Waals surface area contributed by atoms with Gasteiger partial charge in [-0.1, -0.05) is 0 Å². The van der Waals surface area contributed by atoms with Crippen LogP contribution in [0.15, 0.2) is 0 Å². The van der Waals surface area contributed by atoms with Crippen LogP contribution in [0.25, 0.3) is 0 Å². The summed E-state index contributed by atoms with van der Waals surface area (Å²) < 4.78 is 14.8. The standard InChI is InChI=1S/C9H14O5/c1-9(2)13-5-7(14-9)6(10)4-8(11)12-3/h7H,4-5H2,1-3H3. The van der Waals surface area contributed by atoms with Crippen LogP contribution in [0.2, 0.25) is 0 Å². The molecule has 1 aliphatic rings. The van der Waals surface area contributed by atoms with E-state index in [9.17, 15) is 9.59 Å². The van der Waals surface area contributed by atoms with E-state index in [0.29, 0.717) is 0 Å². The van der Waals surface area contributed by atoms with Crippen LogP contribution in [0.5, 0.6) is 0 Å². The SMILES string of the molecule is COC(=O)CC(=O)C1COC(C)(C)O1. The minimum absolute atomic E-state index is 0.197. The smallest absolute Gasteiger partial charge is 0.313 e. The molecule has 1 atom stereocenters. The molecule has 5 heteroatoms. The van der Waals surface area contributed by atoms with Gasteiger partial charge in [0.15, 0.2) is 11.6 Å². The molecule has 0 N–H and O–H groups in total. The quantitative estimate of drug-likeness (QED) is 0.485. The third-order valence-corrected chi connectivity index (χ3v) is 1.91. The van der Waals surface area contributed by atoms with Crippen LogP contribution < -0.4 is 0 Å². The van der Waals surface area contributed by atoms with Crippen molar-refractivity contribution in [2.75, 3.05) is 13.7 Å². The van der Waals surface area contributed by atoms with Crippen molar-refractivity contribution in [1.29, 1.82) is 0 Å². The Morgan fingerprint density at radius 2 is 2.14 bits per heavy atom. The number of hydrogen-bond acceptors (Lipinski definition) is 5. The largest absolute Gasteiger partial charge is 0.469 e. The van der Waals surface area contributed by atoms with Crippen molar-refractivity contribution in [1.82, 2.24) is 0 Å². The lowest BCUT2D eigenvalue weighted by Gasteiger charge is -2.16. The van der Waals surface area contributed by atoms with Crippen molar-refractivity contribution in [2.45, 2.75) is 32.2 Å². The molecule has 1 fully saturated rings. The van der Waals surface area contributed by atoms with E-state index in [0.717, 1.165) is 0 Å². The molecule has 0 aromatic rings. The Balaban J connectivity index is 2.44. The minimum atomic E-state index is -0.740. The van der Waals surface area contributed by atoms with Gasteiger partial charge in [0.05, 0.1) is 13.7 Å². The Labute approximate surface area is 82.3 Å². The molecule has 0 spiro atoms. The van der Waals surface area contributed by atoms with Crippen LogP contribution in [-0.2, 0) is 23.8 Å². The first-order valence-electron chi connectivity index (χ1n) is 4.36. The number of carbonyl (C=O) groups is 2. The van der Waals surface area contributed by atoms with E-state index >= 15 is 0 Å². The average molecular weight is 202 g/mol. The van der Waals surface area contributed by atoms with Crippen molar-refractivity contribution < 1.29 is 23.8 Å². The highest BCUT2D eigenvalue weighted by molar-refractivity contribution is 5.98. The van der Waals surface area contributed by atoms with E-state index in [2.05, 4.69) is 4.74 Å². The molecule has 5 nitrogen and oxygen atoms in total. The van der Waals surface area contributed by atoms with Gasteiger partial charge in [-0.25, -0.2) is 0 Å². The van der Waals surface area contributed by atoms with Crippen LogP contribution in [0.3, 0.4) is 0 Å². The zero-order chi connectivity index (χ0) is 10.8. The van der Waals surface area contributed by atoms with Gasteiger partial charge in [0.1, 0.15) is 12.5 Å². The number of carbonyl (C=O) groups excluding carboxylic acids is 2. The molecule has 1 rings (SSSR count). The fourth-order valence-electron chi connectivity index (χ4n) is 1.17. The highest BCUT2D eigenvalue weighted by Crippen LogP contribution is 2.23. The Kier molecular flexibility index (Phi) is 3.23. The highest BCUT2D eigenvalue weighted by atomic mass is 16.7. The summed E-state index contributed by atoms with van der Waals surface area (Å²) >= 11 is 0. The maximum absolute atomic E-state index is 11.4. The molecular weight excluding hydrogens is 188 g/mol. The van der Waals surface area contributed by atoms with Crippen LogP contribution >= 0.6 is 0 Å². The number of hydrogen-bond donors (Lipinski definition) is 0. The van der Waals surface area contributed by atoms with Crippen LogP contribution in [0.4, 0.5) is 0 Å². The Hall–Kier alpha value is -0.940. The molecule has 1 heterocycles. The van der Waals surface area contributed by atoms with E-state index in [1.165, 1.54) is 7.11 Å². The minimum Gasteiger partial charge on any atom is -0.469 e. The molecule has 14 heavy (non-hydrogen) atoms. The van der Waals surface area contributed by atoms with Gasteiger partial charge in [-0.05, 0) is 13.8 Å². The van der Waals surface area contributed by atoms with Crippen molar-refractivity contribution in [3.05, 3.63) is 0 Å². The van der Waals surface area contributed by atoms with Crippen molar-refractivity contribution in [2.24, 2.45) is 0 Å². The molecule has 0 aliphatic carbocycles. The van der Waals surface area contributed by atoms with E-state index in [4.69, 9.17) is 9.47 Å². The summed E-state index contributed by atoms with van der Waals surface area (Å²) in [5.74, 6) is -1.60. The normalized spacial score (nSPS) is 24.6. The zero-order valence-corrected chi connectivity index (χ0v) is 8.53. The summed E-state index contributed by atoms with van der Waals surface area (Å²) in [5, 5.41) is 0. The third kappa shape index (κ3) is 2.78. The summed E-state index contributed by atoms with van der Waals surface area (Å²) in [6.07, 6.45) is -0.912.